The van der Waals surface area contributed by atoms with Crippen LogP contribution in [0.15, 0.2) is 60.8 Å². The Morgan fingerprint density at radius 3 is 2.75 bits per heavy atom. The summed E-state index contributed by atoms with van der Waals surface area (Å²) in [6.07, 6.45) is 1.78. The molecule has 1 N–H and O–H groups in total. The van der Waals surface area contributed by atoms with E-state index < -0.39 is 0 Å². The first kappa shape index (κ1) is 12.6. The predicted molar refractivity (Wildman–Crippen MR) is 80.2 cm³/mol. The Labute approximate surface area is 117 Å². The highest BCUT2D eigenvalue weighted by molar-refractivity contribution is 5.90. The molecule has 0 fully saturated rings. The first-order chi connectivity index (χ1) is 9.74. The van der Waals surface area contributed by atoms with Gasteiger partial charge in [-0.05, 0) is 36.8 Å². The number of aromatic nitrogens is 1. The lowest BCUT2D eigenvalue weighted by Gasteiger charge is -2.17. The number of para-hydroxylation sites is 1. The lowest BCUT2D eigenvalue weighted by molar-refractivity contribution is 0.623. The van der Waals surface area contributed by atoms with Gasteiger partial charge in [-0.25, -0.2) is 4.39 Å². The Morgan fingerprint density at radius 2 is 1.90 bits per heavy atom. The Kier molecular flexibility index (Phi) is 3.33. The monoisotopic (exact) mass is 266 g/mol. The van der Waals surface area contributed by atoms with E-state index in [1.54, 1.807) is 18.3 Å². The fraction of sp³-hybridized carbons (Fsp3) is 0.118. The number of nitrogens with zero attached hydrogens (tertiary/aromatic N) is 1. The third-order valence-electron chi connectivity index (χ3n) is 3.37. The summed E-state index contributed by atoms with van der Waals surface area (Å²) in [5.41, 5.74) is 2.88. The Balaban J connectivity index is 1.93. The van der Waals surface area contributed by atoms with Crippen molar-refractivity contribution in [2.24, 2.45) is 0 Å². The molecule has 0 aliphatic heterocycles. The Bertz CT molecular complexity index is 734. The normalized spacial score (nSPS) is 12.3. The van der Waals surface area contributed by atoms with E-state index in [2.05, 4.69) is 10.3 Å². The fourth-order valence-corrected chi connectivity index (χ4v) is 2.31. The molecule has 1 aromatic heterocycles. The summed E-state index contributed by atoms with van der Waals surface area (Å²) in [5.74, 6) is -0.212. The molecule has 0 amide bonds. The number of hydrogen-bond acceptors (Lipinski definition) is 2. The Hall–Kier alpha value is -2.42. The van der Waals surface area contributed by atoms with Crippen LogP contribution in [0.2, 0.25) is 0 Å². The third kappa shape index (κ3) is 2.48. The molecule has 100 valence electrons. The van der Waals surface area contributed by atoms with Crippen LogP contribution in [0.1, 0.15) is 18.5 Å². The molecule has 2 nitrogen and oxygen atoms in total. The number of halogens is 1. The van der Waals surface area contributed by atoms with Crippen molar-refractivity contribution < 1.29 is 4.39 Å². The topological polar surface area (TPSA) is 24.9 Å². The van der Waals surface area contributed by atoms with Crippen molar-refractivity contribution >= 4 is 16.6 Å². The fourth-order valence-electron chi connectivity index (χ4n) is 2.31. The molecule has 0 aliphatic rings. The maximum absolute atomic E-state index is 13.3. The zero-order valence-corrected chi connectivity index (χ0v) is 11.2. The molecule has 0 bridgehead atoms. The van der Waals surface area contributed by atoms with Gasteiger partial charge in [-0.1, -0.05) is 30.3 Å². The number of anilines is 1. The van der Waals surface area contributed by atoms with Gasteiger partial charge in [-0.2, -0.15) is 0 Å². The Morgan fingerprint density at radius 1 is 1.05 bits per heavy atom. The second-order valence-corrected chi connectivity index (χ2v) is 4.80. The predicted octanol–water partition coefficient (Wildman–Crippen LogP) is 4.55. The summed E-state index contributed by atoms with van der Waals surface area (Å²) in [6, 6.07) is 16.6. The summed E-state index contributed by atoms with van der Waals surface area (Å²) < 4.78 is 13.3. The molecule has 3 rings (SSSR count). The highest BCUT2D eigenvalue weighted by Gasteiger charge is 2.08. The highest BCUT2D eigenvalue weighted by Crippen LogP contribution is 2.25. The summed E-state index contributed by atoms with van der Waals surface area (Å²) in [7, 11) is 0. The first-order valence-electron chi connectivity index (χ1n) is 6.60. The lowest BCUT2D eigenvalue weighted by atomic mass is 10.1. The zero-order chi connectivity index (χ0) is 13.9. The molecule has 0 saturated heterocycles. The molecular formula is C17H15FN2. The van der Waals surface area contributed by atoms with E-state index in [1.807, 2.05) is 43.3 Å². The molecule has 0 saturated carbocycles. The summed E-state index contributed by atoms with van der Waals surface area (Å²) in [6.45, 7) is 2.02. The van der Waals surface area contributed by atoms with E-state index in [0.29, 0.717) is 0 Å². The van der Waals surface area contributed by atoms with E-state index in [-0.39, 0.29) is 11.9 Å². The summed E-state index contributed by atoms with van der Waals surface area (Å²) >= 11 is 0. The van der Waals surface area contributed by atoms with Gasteiger partial charge in [-0.3, -0.25) is 4.98 Å². The minimum Gasteiger partial charge on any atom is -0.378 e. The van der Waals surface area contributed by atoms with Crippen LogP contribution in [0.3, 0.4) is 0 Å². The van der Waals surface area contributed by atoms with Gasteiger partial charge in [0.15, 0.2) is 0 Å². The number of fused-ring (bicyclic) bond motifs is 1. The molecule has 0 aliphatic carbocycles. The maximum Gasteiger partial charge on any atom is 0.123 e. The summed E-state index contributed by atoms with van der Waals surface area (Å²) in [5, 5.41) is 4.49. The van der Waals surface area contributed by atoms with Crippen molar-refractivity contribution in [1.29, 1.82) is 0 Å². The molecule has 0 radical (unpaired) electrons. The van der Waals surface area contributed by atoms with Gasteiger partial charge in [0, 0.05) is 23.3 Å². The molecule has 1 unspecified atom stereocenters. The third-order valence-corrected chi connectivity index (χ3v) is 3.37. The molecular weight excluding hydrogens is 251 g/mol. The van der Waals surface area contributed by atoms with Crippen molar-refractivity contribution in [1.82, 2.24) is 4.98 Å². The summed E-state index contributed by atoms with van der Waals surface area (Å²) in [4.78, 5) is 4.34. The first-order valence-corrected chi connectivity index (χ1v) is 6.60. The zero-order valence-electron chi connectivity index (χ0n) is 11.2. The molecule has 0 spiro atoms. The largest absolute Gasteiger partial charge is 0.378 e. The van der Waals surface area contributed by atoms with E-state index in [4.69, 9.17) is 0 Å². The van der Waals surface area contributed by atoms with Gasteiger partial charge in [0.2, 0.25) is 0 Å². The molecule has 20 heavy (non-hydrogen) atoms. The quantitative estimate of drug-likeness (QED) is 0.752. The minimum atomic E-state index is -0.212. The van der Waals surface area contributed by atoms with E-state index in [1.165, 1.54) is 6.07 Å². The van der Waals surface area contributed by atoms with Gasteiger partial charge in [0.25, 0.3) is 0 Å². The minimum absolute atomic E-state index is 0.0245. The van der Waals surface area contributed by atoms with Gasteiger partial charge < -0.3 is 5.32 Å². The SMILES string of the molecule is CC(Nc1ccnc2ccccc12)c1cccc(F)c1. The van der Waals surface area contributed by atoms with Crippen LogP contribution in [0.4, 0.5) is 10.1 Å². The van der Waals surface area contributed by atoms with Crippen LogP contribution in [-0.2, 0) is 0 Å². The van der Waals surface area contributed by atoms with Crippen LogP contribution >= 0.6 is 0 Å². The van der Waals surface area contributed by atoms with Crippen LogP contribution in [0.25, 0.3) is 10.9 Å². The van der Waals surface area contributed by atoms with Gasteiger partial charge in [0.05, 0.1) is 5.52 Å². The average molecular weight is 266 g/mol. The second kappa shape index (κ2) is 5.29. The number of rotatable bonds is 3. The number of benzene rings is 2. The molecule has 3 aromatic rings. The van der Waals surface area contributed by atoms with Crippen molar-refractivity contribution in [3.05, 3.63) is 72.2 Å². The van der Waals surface area contributed by atoms with Crippen molar-refractivity contribution in [3.8, 4) is 0 Å². The van der Waals surface area contributed by atoms with E-state index in [9.17, 15) is 4.39 Å². The lowest BCUT2D eigenvalue weighted by Crippen LogP contribution is -2.07. The van der Waals surface area contributed by atoms with Crippen molar-refractivity contribution in [2.75, 3.05) is 5.32 Å². The van der Waals surface area contributed by atoms with Crippen molar-refractivity contribution in [2.45, 2.75) is 13.0 Å². The maximum atomic E-state index is 13.3. The molecule has 3 heteroatoms. The van der Waals surface area contributed by atoms with E-state index in [0.717, 1.165) is 22.2 Å². The van der Waals surface area contributed by atoms with Gasteiger partial charge in [0.1, 0.15) is 5.82 Å². The van der Waals surface area contributed by atoms with Crippen LogP contribution in [0, 0.1) is 5.82 Å². The highest BCUT2D eigenvalue weighted by atomic mass is 19.1. The van der Waals surface area contributed by atoms with Crippen molar-refractivity contribution in [3.63, 3.8) is 0 Å². The van der Waals surface area contributed by atoms with Gasteiger partial charge in [-0.15, -0.1) is 0 Å². The van der Waals surface area contributed by atoms with E-state index >= 15 is 0 Å². The standard InChI is InChI=1S/C17H15FN2/c1-12(13-5-4-6-14(18)11-13)20-17-9-10-19-16-8-3-2-7-15(16)17/h2-12H,1H3,(H,19,20). The second-order valence-electron chi connectivity index (χ2n) is 4.80. The van der Waals surface area contributed by atoms with Crippen LogP contribution in [-0.4, -0.2) is 4.98 Å². The number of hydrogen-bond donors (Lipinski definition) is 1. The number of pyridine rings is 1. The molecule has 2 aromatic carbocycles. The van der Waals surface area contributed by atoms with Gasteiger partial charge >= 0.3 is 0 Å². The average Bonchev–Trinajstić information content (AvgIpc) is 2.47. The van der Waals surface area contributed by atoms with Crippen LogP contribution < -0.4 is 5.32 Å². The van der Waals surface area contributed by atoms with Crippen LogP contribution in [0.5, 0.6) is 0 Å². The molecule has 1 heterocycles. The number of nitrogens with one attached hydrogen (secondary N) is 1. The smallest absolute Gasteiger partial charge is 0.123 e. The molecule has 1 atom stereocenters.